The van der Waals surface area contributed by atoms with Gasteiger partial charge in [0.05, 0.1) is 40.0 Å². The Labute approximate surface area is 203 Å². The fourth-order valence-corrected chi connectivity index (χ4v) is 4.47. The third-order valence-electron chi connectivity index (χ3n) is 5.83. The van der Waals surface area contributed by atoms with Crippen molar-refractivity contribution in [1.29, 1.82) is 0 Å². The molecule has 2 aromatic carbocycles. The van der Waals surface area contributed by atoms with Crippen LogP contribution in [0.25, 0.3) is 21.9 Å². The minimum Gasteiger partial charge on any atom is -0.460 e. The van der Waals surface area contributed by atoms with Gasteiger partial charge in [0.2, 0.25) is 5.43 Å². The molecule has 4 rings (SSSR count). The number of esters is 2. The summed E-state index contributed by atoms with van der Waals surface area (Å²) in [7, 11) is 0. The quantitative estimate of drug-likeness (QED) is 0.406. The molecule has 1 aliphatic rings. The van der Waals surface area contributed by atoms with E-state index in [1.165, 1.54) is 0 Å². The summed E-state index contributed by atoms with van der Waals surface area (Å²) in [5, 5.41) is 3.96. The van der Waals surface area contributed by atoms with Crippen LogP contribution in [0.4, 0.5) is 0 Å². The zero-order valence-corrected chi connectivity index (χ0v) is 20.7. The number of hydrogen-bond acceptors (Lipinski definition) is 7. The normalized spacial score (nSPS) is 14.7. The lowest BCUT2D eigenvalue weighted by Gasteiger charge is -2.31. The number of allylic oxidation sites excluding steroid dienone is 2. The fraction of sp³-hybridized carbons (Fsp3) is 0.321. The van der Waals surface area contributed by atoms with Crippen LogP contribution in [0.1, 0.15) is 53.0 Å². The Morgan fingerprint density at radius 3 is 1.94 bits per heavy atom. The van der Waals surface area contributed by atoms with Gasteiger partial charge >= 0.3 is 11.9 Å². The minimum atomic E-state index is -0.859. The van der Waals surface area contributed by atoms with Crippen molar-refractivity contribution in [2.45, 2.75) is 59.7 Å². The van der Waals surface area contributed by atoms with Gasteiger partial charge in [-0.1, -0.05) is 24.3 Å². The molecule has 182 valence electrons. The predicted molar refractivity (Wildman–Crippen MR) is 134 cm³/mol. The first-order valence-electron chi connectivity index (χ1n) is 11.6. The van der Waals surface area contributed by atoms with Gasteiger partial charge in [0.15, 0.2) is 0 Å². The Morgan fingerprint density at radius 2 is 1.37 bits per heavy atom. The molecule has 0 amide bonds. The predicted octanol–water partition coefficient (Wildman–Crippen LogP) is 5.08. The highest BCUT2D eigenvalue weighted by atomic mass is 16.5. The Hall–Kier alpha value is -3.87. The Morgan fingerprint density at radius 1 is 0.829 bits per heavy atom. The van der Waals surface area contributed by atoms with Crippen LogP contribution in [-0.4, -0.2) is 24.1 Å². The van der Waals surface area contributed by atoms with Crippen LogP contribution in [0.3, 0.4) is 0 Å². The van der Waals surface area contributed by atoms with Crippen molar-refractivity contribution in [3.8, 4) is 0 Å². The van der Waals surface area contributed by atoms with Crippen molar-refractivity contribution in [3.05, 3.63) is 80.8 Å². The van der Waals surface area contributed by atoms with Gasteiger partial charge in [0.1, 0.15) is 11.2 Å². The lowest BCUT2D eigenvalue weighted by Crippen LogP contribution is -2.33. The van der Waals surface area contributed by atoms with Crippen LogP contribution < -0.4 is 10.7 Å². The van der Waals surface area contributed by atoms with E-state index in [9.17, 15) is 14.4 Å². The molecule has 0 radical (unpaired) electrons. The number of fused-ring (bicyclic) bond motifs is 2. The van der Waals surface area contributed by atoms with E-state index in [0.717, 1.165) is 0 Å². The Kier molecular flexibility index (Phi) is 6.52. The standard InChI is InChI=1S/C28H29NO6/c1-14(2)33-27(31)22-16(5)29-17(6)23(28(32)34-15(3)4)24(22)19-11-9-12-20-25(30)18-10-7-8-13-21(18)35-26(19)20/h7-15,24,29H,1-6H3. The van der Waals surface area contributed by atoms with E-state index in [-0.39, 0.29) is 28.8 Å². The zero-order chi connectivity index (χ0) is 25.4. The molecule has 0 saturated carbocycles. The first kappa shape index (κ1) is 24.3. The second-order valence-corrected chi connectivity index (χ2v) is 9.19. The van der Waals surface area contributed by atoms with Crippen LogP contribution in [0.2, 0.25) is 0 Å². The second-order valence-electron chi connectivity index (χ2n) is 9.19. The number of carbonyl (C=O) groups is 2. The smallest absolute Gasteiger partial charge is 0.337 e. The summed E-state index contributed by atoms with van der Waals surface area (Å²) in [6, 6.07) is 12.2. The molecule has 35 heavy (non-hydrogen) atoms. The first-order valence-corrected chi connectivity index (χ1v) is 11.6. The number of hydrogen-bond donors (Lipinski definition) is 1. The summed E-state index contributed by atoms with van der Waals surface area (Å²) in [5.41, 5.74) is 2.71. The van der Waals surface area contributed by atoms with E-state index < -0.39 is 17.9 Å². The molecule has 1 aliphatic heterocycles. The fourth-order valence-electron chi connectivity index (χ4n) is 4.47. The molecule has 0 unspecified atom stereocenters. The maximum Gasteiger partial charge on any atom is 0.337 e. The zero-order valence-electron chi connectivity index (χ0n) is 20.7. The highest BCUT2D eigenvalue weighted by molar-refractivity contribution is 6.02. The van der Waals surface area contributed by atoms with Crippen molar-refractivity contribution in [3.63, 3.8) is 0 Å². The Balaban J connectivity index is 2.04. The number of ether oxygens (including phenoxy) is 2. The average Bonchev–Trinajstić information content (AvgIpc) is 2.77. The lowest BCUT2D eigenvalue weighted by atomic mass is 9.79. The van der Waals surface area contributed by atoms with Crippen molar-refractivity contribution in [2.24, 2.45) is 0 Å². The van der Waals surface area contributed by atoms with Gasteiger partial charge in [0, 0.05) is 17.0 Å². The summed E-state index contributed by atoms with van der Waals surface area (Å²) in [6.45, 7) is 10.6. The molecule has 0 fully saturated rings. The van der Waals surface area contributed by atoms with Gasteiger partial charge in [-0.3, -0.25) is 4.79 Å². The largest absolute Gasteiger partial charge is 0.460 e. The third-order valence-corrected chi connectivity index (χ3v) is 5.83. The van der Waals surface area contributed by atoms with Crippen LogP contribution in [0.5, 0.6) is 0 Å². The molecule has 0 spiro atoms. The second kappa shape index (κ2) is 9.41. The van der Waals surface area contributed by atoms with Crippen LogP contribution in [-0.2, 0) is 19.1 Å². The molecular formula is C28H29NO6. The topological polar surface area (TPSA) is 94.8 Å². The van der Waals surface area contributed by atoms with E-state index in [4.69, 9.17) is 13.9 Å². The van der Waals surface area contributed by atoms with E-state index in [0.29, 0.717) is 38.9 Å². The Bertz CT molecular complexity index is 1410. The highest BCUT2D eigenvalue weighted by Crippen LogP contribution is 2.42. The number of para-hydroxylation sites is 2. The molecule has 0 aliphatic carbocycles. The molecule has 3 aromatic rings. The molecule has 0 saturated heterocycles. The average molecular weight is 476 g/mol. The van der Waals surface area contributed by atoms with Crippen molar-refractivity contribution in [1.82, 2.24) is 5.32 Å². The van der Waals surface area contributed by atoms with Crippen LogP contribution >= 0.6 is 0 Å². The molecular weight excluding hydrogens is 446 g/mol. The molecule has 1 N–H and O–H groups in total. The number of dihydropyridines is 1. The SMILES string of the molecule is CC1=C(C(=O)OC(C)C)C(c2cccc3c(=O)c4ccccc4oc23)C(C(=O)OC(C)C)=C(C)N1. The highest BCUT2D eigenvalue weighted by Gasteiger charge is 2.40. The molecule has 2 heterocycles. The van der Waals surface area contributed by atoms with Gasteiger partial charge in [-0.05, 0) is 59.7 Å². The lowest BCUT2D eigenvalue weighted by molar-refractivity contribution is -0.143. The van der Waals surface area contributed by atoms with E-state index in [2.05, 4.69) is 5.32 Å². The molecule has 0 atom stereocenters. The van der Waals surface area contributed by atoms with Gasteiger partial charge in [-0.2, -0.15) is 0 Å². The van der Waals surface area contributed by atoms with Gasteiger partial charge in [-0.15, -0.1) is 0 Å². The molecule has 7 nitrogen and oxygen atoms in total. The monoisotopic (exact) mass is 475 g/mol. The van der Waals surface area contributed by atoms with E-state index in [1.54, 1.807) is 84.0 Å². The maximum absolute atomic E-state index is 13.3. The number of nitrogens with one attached hydrogen (secondary N) is 1. The summed E-state index contributed by atoms with van der Waals surface area (Å²) < 4.78 is 17.3. The number of carbonyl (C=O) groups excluding carboxylic acids is 2. The van der Waals surface area contributed by atoms with E-state index >= 15 is 0 Å². The number of rotatable bonds is 5. The third kappa shape index (κ3) is 4.46. The molecule has 1 aromatic heterocycles. The molecule has 7 heteroatoms. The van der Waals surface area contributed by atoms with Crippen LogP contribution in [0, 0.1) is 0 Å². The van der Waals surface area contributed by atoms with Crippen molar-refractivity contribution < 1.29 is 23.5 Å². The summed E-state index contributed by atoms with van der Waals surface area (Å²) in [5.74, 6) is -1.98. The number of benzene rings is 2. The maximum atomic E-state index is 13.3. The van der Waals surface area contributed by atoms with Crippen LogP contribution in [0.15, 0.2) is 74.2 Å². The van der Waals surface area contributed by atoms with E-state index in [1.807, 2.05) is 0 Å². The van der Waals surface area contributed by atoms with Gasteiger partial charge < -0.3 is 19.2 Å². The summed E-state index contributed by atoms with van der Waals surface area (Å²) in [4.78, 5) is 39.9. The summed E-state index contributed by atoms with van der Waals surface area (Å²) in [6.07, 6.45) is -0.730. The first-order chi connectivity index (χ1) is 16.6. The molecule has 0 bridgehead atoms. The van der Waals surface area contributed by atoms with Gasteiger partial charge in [0.25, 0.3) is 0 Å². The summed E-state index contributed by atoms with van der Waals surface area (Å²) >= 11 is 0. The van der Waals surface area contributed by atoms with Crippen molar-refractivity contribution >= 4 is 33.9 Å². The minimum absolute atomic E-state index is 0.184. The van der Waals surface area contributed by atoms with Crippen molar-refractivity contribution in [2.75, 3.05) is 0 Å². The van der Waals surface area contributed by atoms with Gasteiger partial charge in [-0.25, -0.2) is 9.59 Å².